The van der Waals surface area contributed by atoms with Crippen molar-refractivity contribution in [2.45, 2.75) is 6.10 Å². The summed E-state index contributed by atoms with van der Waals surface area (Å²) >= 11 is 0. The van der Waals surface area contributed by atoms with Crippen molar-refractivity contribution in [1.29, 1.82) is 0 Å². The molecular formula is C21H16Fe2O-8. The molecule has 0 spiro atoms. The predicted molar refractivity (Wildman–Crippen MR) is 87.5 cm³/mol. The summed E-state index contributed by atoms with van der Waals surface area (Å²) in [6.45, 7) is 0. The van der Waals surface area contributed by atoms with Gasteiger partial charge in [0.2, 0.25) is 0 Å². The van der Waals surface area contributed by atoms with Crippen molar-refractivity contribution >= 4 is 0 Å². The third kappa shape index (κ3) is 8.31. The van der Waals surface area contributed by atoms with E-state index in [2.05, 4.69) is 24.3 Å². The largest absolute Gasteiger partial charge is 0.998 e. The SMILES string of the molecule is OC([c-]1[c-][c-][c-][c-]1)[c-]1cccc1.[Fe].[Fe].c1cc[cH-]c1.c1cc[cH-]c1. The summed E-state index contributed by atoms with van der Waals surface area (Å²) in [5, 5.41) is 9.67. The van der Waals surface area contributed by atoms with Gasteiger partial charge in [-0.1, -0.05) is 0 Å². The minimum atomic E-state index is -0.637. The molecule has 0 bridgehead atoms. The van der Waals surface area contributed by atoms with Gasteiger partial charge >= 0.3 is 0 Å². The first-order valence-corrected chi connectivity index (χ1v) is 7.00. The van der Waals surface area contributed by atoms with Gasteiger partial charge in [0.15, 0.2) is 0 Å². The Balaban J connectivity index is 0.000000370. The van der Waals surface area contributed by atoms with Crippen molar-refractivity contribution in [3.05, 3.63) is 120 Å². The van der Waals surface area contributed by atoms with Gasteiger partial charge < -0.3 is 34.9 Å². The molecule has 0 aromatic heterocycles. The smallest absolute Gasteiger partial charge is 0 e. The molecule has 0 aliphatic heterocycles. The van der Waals surface area contributed by atoms with E-state index in [1.807, 2.05) is 84.9 Å². The molecule has 1 N–H and O–H groups in total. The molecule has 0 fully saturated rings. The van der Waals surface area contributed by atoms with Crippen molar-refractivity contribution in [2.75, 3.05) is 0 Å². The summed E-state index contributed by atoms with van der Waals surface area (Å²) in [6, 6.07) is 38.2. The molecule has 0 aliphatic rings. The van der Waals surface area contributed by atoms with Crippen LogP contribution in [0.3, 0.4) is 0 Å². The van der Waals surface area contributed by atoms with Crippen LogP contribution in [0.2, 0.25) is 0 Å². The number of hydrogen-bond donors (Lipinski definition) is 1. The maximum absolute atomic E-state index is 9.67. The number of rotatable bonds is 2. The zero-order chi connectivity index (χ0) is 15.5. The summed E-state index contributed by atoms with van der Waals surface area (Å²) in [7, 11) is 0. The van der Waals surface area contributed by atoms with E-state index >= 15 is 0 Å². The van der Waals surface area contributed by atoms with Crippen LogP contribution in [-0.2, 0) is 34.1 Å². The van der Waals surface area contributed by atoms with Crippen molar-refractivity contribution in [2.24, 2.45) is 0 Å². The van der Waals surface area contributed by atoms with Gasteiger partial charge in [-0.15, -0.1) is 6.10 Å². The summed E-state index contributed by atoms with van der Waals surface area (Å²) in [5.41, 5.74) is 1.46. The molecule has 0 radical (unpaired) electrons. The van der Waals surface area contributed by atoms with E-state index < -0.39 is 6.10 Å². The van der Waals surface area contributed by atoms with Gasteiger partial charge in [0.25, 0.3) is 0 Å². The zero-order valence-corrected chi connectivity index (χ0v) is 15.0. The zero-order valence-electron chi connectivity index (χ0n) is 12.8. The molecule has 0 heterocycles. The van der Waals surface area contributed by atoms with Crippen molar-refractivity contribution in [3.8, 4) is 0 Å². The van der Waals surface area contributed by atoms with E-state index in [1.165, 1.54) is 0 Å². The van der Waals surface area contributed by atoms with E-state index in [9.17, 15) is 5.11 Å². The molecule has 0 amide bonds. The standard InChI is InChI=1S/C11H6O.2C5H5.2Fe/c12-11(9-5-1-2-6-9)10-7-3-4-8-10;2*1-2-4-5-3-1;;/h1-2,5-6,11-12H;2*1-5H;;/q-6;2*-1;;. The molecule has 0 aliphatic carbocycles. The van der Waals surface area contributed by atoms with Crippen LogP contribution in [0.1, 0.15) is 17.2 Å². The normalized spacial score (nSPS) is 9.88. The van der Waals surface area contributed by atoms with Crippen LogP contribution in [0.25, 0.3) is 0 Å². The molecule has 3 heteroatoms. The molecule has 4 rings (SSSR count). The monoisotopic (exact) mass is 396 g/mol. The molecule has 1 unspecified atom stereocenters. The summed E-state index contributed by atoms with van der Waals surface area (Å²) in [5.74, 6) is 0. The van der Waals surface area contributed by atoms with Crippen molar-refractivity contribution < 1.29 is 39.2 Å². The molecule has 24 heavy (non-hydrogen) atoms. The Labute approximate surface area is 165 Å². The Kier molecular flexibility index (Phi) is 12.9. The molecule has 1 nitrogen and oxygen atoms in total. The van der Waals surface area contributed by atoms with Crippen LogP contribution in [0.4, 0.5) is 0 Å². The van der Waals surface area contributed by atoms with Gasteiger partial charge in [-0.05, 0) is 0 Å². The molecule has 4 aromatic carbocycles. The van der Waals surface area contributed by atoms with E-state index in [-0.39, 0.29) is 34.1 Å². The van der Waals surface area contributed by atoms with Crippen LogP contribution in [0.15, 0.2) is 84.9 Å². The van der Waals surface area contributed by atoms with Crippen molar-refractivity contribution in [1.82, 2.24) is 0 Å². The minimum absolute atomic E-state index is 0. The van der Waals surface area contributed by atoms with Crippen LogP contribution < -0.4 is 0 Å². The molecular weight excluding hydrogens is 380 g/mol. The fourth-order valence-corrected chi connectivity index (χ4v) is 1.74. The molecule has 4 aromatic rings. The van der Waals surface area contributed by atoms with Crippen molar-refractivity contribution in [3.63, 3.8) is 0 Å². The second-order valence-electron chi connectivity index (χ2n) is 4.46. The van der Waals surface area contributed by atoms with Gasteiger partial charge in [0, 0.05) is 34.1 Å². The Bertz CT molecular complexity index is 553. The number of aliphatic hydroxyl groups excluding tert-OH is 1. The van der Waals surface area contributed by atoms with E-state index in [0.717, 1.165) is 5.56 Å². The maximum atomic E-state index is 9.67. The summed E-state index contributed by atoms with van der Waals surface area (Å²) < 4.78 is 0. The molecule has 130 valence electrons. The predicted octanol–water partition coefficient (Wildman–Crippen LogP) is 4.21. The van der Waals surface area contributed by atoms with E-state index in [1.54, 1.807) is 0 Å². The van der Waals surface area contributed by atoms with Crippen LogP contribution in [0, 0.1) is 24.3 Å². The molecule has 0 saturated heterocycles. The van der Waals surface area contributed by atoms with Crippen LogP contribution in [-0.4, -0.2) is 5.11 Å². The van der Waals surface area contributed by atoms with E-state index in [4.69, 9.17) is 0 Å². The second kappa shape index (κ2) is 13.8. The average Bonchev–Trinajstić information content (AvgIpc) is 3.42. The topological polar surface area (TPSA) is 20.2 Å². The van der Waals surface area contributed by atoms with Gasteiger partial charge in [0.05, 0.1) is 0 Å². The molecule has 1 atom stereocenters. The fourth-order valence-electron chi connectivity index (χ4n) is 1.74. The Morgan fingerprint density at radius 3 is 1.46 bits per heavy atom. The Hall–Kier alpha value is -1.60. The van der Waals surface area contributed by atoms with Gasteiger partial charge in [-0.25, -0.2) is 36.4 Å². The Morgan fingerprint density at radius 2 is 1.12 bits per heavy atom. The van der Waals surface area contributed by atoms with E-state index in [0.29, 0.717) is 5.56 Å². The van der Waals surface area contributed by atoms with Gasteiger partial charge in [0.1, 0.15) is 0 Å². The van der Waals surface area contributed by atoms with Gasteiger partial charge in [-0.2, -0.15) is 54.1 Å². The maximum Gasteiger partial charge on any atom is 0 e. The summed E-state index contributed by atoms with van der Waals surface area (Å²) in [4.78, 5) is 0. The average molecular weight is 396 g/mol. The number of hydrogen-bond acceptors (Lipinski definition) is 1. The van der Waals surface area contributed by atoms with Crippen LogP contribution in [0.5, 0.6) is 0 Å². The first-order valence-electron chi connectivity index (χ1n) is 7.00. The second-order valence-corrected chi connectivity index (χ2v) is 4.46. The summed E-state index contributed by atoms with van der Waals surface area (Å²) in [6.07, 6.45) is -0.637. The first kappa shape index (κ1) is 22.4. The Morgan fingerprint density at radius 1 is 0.708 bits per heavy atom. The number of aliphatic hydroxyl groups is 1. The third-order valence-electron chi connectivity index (χ3n) is 2.85. The third-order valence-corrected chi connectivity index (χ3v) is 2.85. The van der Waals surface area contributed by atoms with Crippen LogP contribution >= 0.6 is 0 Å². The first-order chi connectivity index (χ1) is 10.9. The fraction of sp³-hybridized carbons (Fsp3) is 0.0476. The molecule has 0 saturated carbocycles. The minimum Gasteiger partial charge on any atom is -0.998 e. The quantitative estimate of drug-likeness (QED) is 0.398. The van der Waals surface area contributed by atoms with Gasteiger partial charge in [-0.3, -0.25) is 0 Å².